The molecule has 5 aromatic rings. The fourth-order valence-corrected chi connectivity index (χ4v) is 7.70. The number of rotatable bonds is 8. The minimum absolute atomic E-state index is 0.108. The largest absolute Gasteiger partial charge is 0.493 e. The topological polar surface area (TPSA) is 97.6 Å². The van der Waals surface area contributed by atoms with Crippen molar-refractivity contribution < 1.29 is 28.5 Å². The Morgan fingerprint density at radius 2 is 1.89 bits per heavy atom. The normalized spacial score (nSPS) is 15.4. The summed E-state index contributed by atoms with van der Waals surface area (Å²) in [5.41, 5.74) is 3.02. The summed E-state index contributed by atoms with van der Waals surface area (Å²) in [6.07, 6.45) is 1.81. The molecule has 3 heterocycles. The van der Waals surface area contributed by atoms with E-state index in [0.29, 0.717) is 55.8 Å². The fourth-order valence-electron chi connectivity index (χ4n) is 5.87. The zero-order valence-corrected chi connectivity index (χ0v) is 28.7. The van der Waals surface area contributed by atoms with Crippen LogP contribution < -0.4 is 33.8 Å². The van der Waals surface area contributed by atoms with E-state index in [9.17, 15) is 9.59 Å². The monoisotopic (exact) mass is 760 g/mol. The number of methoxy groups -OCH3 is 1. The molecule has 9 nitrogen and oxygen atoms in total. The molecule has 0 N–H and O–H groups in total. The van der Waals surface area contributed by atoms with E-state index >= 15 is 0 Å². The second-order valence-electron chi connectivity index (χ2n) is 10.9. The van der Waals surface area contributed by atoms with Crippen LogP contribution in [0.4, 0.5) is 0 Å². The first kappa shape index (κ1) is 31.0. The van der Waals surface area contributed by atoms with Gasteiger partial charge in [-0.1, -0.05) is 59.9 Å². The minimum Gasteiger partial charge on any atom is -0.493 e. The summed E-state index contributed by atoms with van der Waals surface area (Å²) in [5, 5.41) is 2.29. The quantitative estimate of drug-likeness (QED) is 0.144. The van der Waals surface area contributed by atoms with Crippen LogP contribution in [-0.2, 0) is 16.1 Å². The summed E-state index contributed by atoms with van der Waals surface area (Å²) in [6, 6.07) is 22.8. The Bertz CT molecular complexity index is 2270. The molecular weight excluding hydrogens is 731 g/mol. The van der Waals surface area contributed by atoms with Crippen LogP contribution in [0.25, 0.3) is 16.8 Å². The Morgan fingerprint density at radius 3 is 2.72 bits per heavy atom. The van der Waals surface area contributed by atoms with Crippen molar-refractivity contribution >= 4 is 56.7 Å². The smallest absolute Gasteiger partial charge is 0.338 e. The van der Waals surface area contributed by atoms with Gasteiger partial charge < -0.3 is 23.7 Å². The standard InChI is InChI=1S/C36H29IN2O7S/c1-4-43-35(41)31-20(2)38-36-39(32(31)23-12-13-27-28(17-23)46-19-45-27)34(40)30(47-36)16-21-14-26(37)33(29(15-21)42-3)44-18-24-10-7-9-22-8-5-6-11-25(22)24/h5-17,32H,4,18-19H2,1-3H3/t32-/m0/s1. The third-order valence-corrected chi connectivity index (χ3v) is 9.82. The van der Waals surface area contributed by atoms with Gasteiger partial charge in [-0.25, -0.2) is 9.79 Å². The van der Waals surface area contributed by atoms with E-state index in [2.05, 4.69) is 51.8 Å². The molecule has 0 unspecified atom stereocenters. The molecule has 1 aromatic heterocycles. The highest BCUT2D eigenvalue weighted by molar-refractivity contribution is 14.1. The van der Waals surface area contributed by atoms with Crippen LogP contribution in [0.15, 0.2) is 93.9 Å². The molecule has 0 radical (unpaired) electrons. The minimum atomic E-state index is -0.763. The van der Waals surface area contributed by atoms with Gasteiger partial charge in [-0.3, -0.25) is 9.36 Å². The lowest BCUT2D eigenvalue weighted by molar-refractivity contribution is -0.139. The number of nitrogens with zero attached hydrogens (tertiary/aromatic N) is 2. The molecule has 0 bridgehead atoms. The number of thiazole rings is 1. The number of aromatic nitrogens is 1. The van der Waals surface area contributed by atoms with Gasteiger partial charge in [0.15, 0.2) is 27.8 Å². The van der Waals surface area contributed by atoms with Crippen LogP contribution in [0.2, 0.25) is 0 Å². The molecule has 47 heavy (non-hydrogen) atoms. The van der Waals surface area contributed by atoms with Gasteiger partial charge in [0, 0.05) is 0 Å². The number of fused-ring (bicyclic) bond motifs is 3. The maximum Gasteiger partial charge on any atom is 0.338 e. The van der Waals surface area contributed by atoms with Crippen LogP contribution in [0.3, 0.4) is 0 Å². The predicted molar refractivity (Wildman–Crippen MR) is 187 cm³/mol. The van der Waals surface area contributed by atoms with Gasteiger partial charge in [-0.2, -0.15) is 0 Å². The first-order valence-electron chi connectivity index (χ1n) is 14.9. The molecule has 0 fully saturated rings. The Hall–Kier alpha value is -4.62. The summed E-state index contributed by atoms with van der Waals surface area (Å²) in [7, 11) is 1.60. The molecule has 4 aromatic carbocycles. The van der Waals surface area contributed by atoms with E-state index in [4.69, 9.17) is 23.7 Å². The number of carbonyl (C=O) groups excluding carboxylic acids is 1. The molecule has 0 saturated heterocycles. The average molecular weight is 761 g/mol. The van der Waals surface area contributed by atoms with E-state index in [1.165, 1.54) is 11.3 Å². The van der Waals surface area contributed by atoms with Crippen molar-refractivity contribution in [3.05, 3.63) is 124 Å². The Balaban J connectivity index is 1.27. The first-order chi connectivity index (χ1) is 22.9. The lowest BCUT2D eigenvalue weighted by Crippen LogP contribution is -2.39. The molecule has 238 valence electrons. The van der Waals surface area contributed by atoms with E-state index in [0.717, 1.165) is 25.5 Å². The molecule has 11 heteroatoms. The number of ether oxygens (including phenoxy) is 5. The molecular formula is C36H29IN2O7S. The zero-order valence-electron chi connectivity index (χ0n) is 25.7. The molecule has 7 rings (SSSR count). The highest BCUT2D eigenvalue weighted by Crippen LogP contribution is 2.39. The molecule has 0 amide bonds. The number of benzene rings is 4. The lowest BCUT2D eigenvalue weighted by atomic mass is 9.95. The van der Waals surface area contributed by atoms with Crippen molar-refractivity contribution in [3.63, 3.8) is 0 Å². The van der Waals surface area contributed by atoms with Gasteiger partial charge in [0.05, 0.1) is 39.1 Å². The number of esters is 1. The van der Waals surface area contributed by atoms with Crippen LogP contribution in [0.1, 0.15) is 36.6 Å². The first-order valence-corrected chi connectivity index (χ1v) is 16.8. The second-order valence-corrected chi connectivity index (χ2v) is 13.0. The maximum atomic E-state index is 14.1. The second kappa shape index (κ2) is 12.9. The third-order valence-electron chi connectivity index (χ3n) is 8.03. The molecule has 0 aliphatic carbocycles. The summed E-state index contributed by atoms with van der Waals surface area (Å²) in [4.78, 5) is 32.5. The number of allylic oxidation sites excluding steroid dienone is 1. The van der Waals surface area contributed by atoms with E-state index in [1.807, 2.05) is 42.5 Å². The average Bonchev–Trinajstić information content (AvgIpc) is 3.66. The highest BCUT2D eigenvalue weighted by Gasteiger charge is 2.34. The van der Waals surface area contributed by atoms with Gasteiger partial charge in [-0.15, -0.1) is 0 Å². The van der Waals surface area contributed by atoms with E-state index < -0.39 is 12.0 Å². The Morgan fingerprint density at radius 1 is 1.09 bits per heavy atom. The number of hydrogen-bond acceptors (Lipinski definition) is 9. The maximum absolute atomic E-state index is 14.1. The summed E-state index contributed by atoms with van der Waals surface area (Å²) < 4.78 is 31.4. The number of carbonyl (C=O) groups is 1. The van der Waals surface area contributed by atoms with Crippen LogP contribution in [0.5, 0.6) is 23.0 Å². The molecule has 2 aliphatic rings. The van der Waals surface area contributed by atoms with Crippen molar-refractivity contribution in [1.82, 2.24) is 4.57 Å². The lowest BCUT2D eigenvalue weighted by Gasteiger charge is -2.24. The summed E-state index contributed by atoms with van der Waals surface area (Å²) >= 11 is 3.48. The highest BCUT2D eigenvalue weighted by atomic mass is 127. The summed E-state index contributed by atoms with van der Waals surface area (Å²) in [5.74, 6) is 1.80. The number of hydrogen-bond donors (Lipinski definition) is 0. The van der Waals surface area contributed by atoms with Crippen LogP contribution in [0, 0.1) is 3.57 Å². The molecule has 0 spiro atoms. The van der Waals surface area contributed by atoms with Crippen molar-refractivity contribution in [2.45, 2.75) is 26.5 Å². The molecule has 0 saturated carbocycles. The van der Waals surface area contributed by atoms with Gasteiger partial charge in [-0.05, 0) is 94.2 Å². The summed E-state index contributed by atoms with van der Waals surface area (Å²) in [6.45, 7) is 4.17. The van der Waals surface area contributed by atoms with Crippen LogP contribution in [-0.4, -0.2) is 31.0 Å². The van der Waals surface area contributed by atoms with Crippen molar-refractivity contribution in [3.8, 4) is 23.0 Å². The Labute approximate surface area is 287 Å². The van der Waals surface area contributed by atoms with Gasteiger partial charge in [0.1, 0.15) is 6.61 Å². The number of halogens is 1. The molecule has 2 aliphatic heterocycles. The van der Waals surface area contributed by atoms with Crippen LogP contribution >= 0.6 is 33.9 Å². The van der Waals surface area contributed by atoms with E-state index in [1.54, 1.807) is 37.7 Å². The SMILES string of the molecule is CCOC(=O)C1=C(C)N=c2sc(=Cc3cc(I)c(OCc4cccc5ccccc45)c(OC)c3)c(=O)n2[C@H]1c1ccc2c(c1)OCO2. The van der Waals surface area contributed by atoms with Gasteiger partial charge in [0.2, 0.25) is 6.79 Å². The zero-order chi connectivity index (χ0) is 32.7. The van der Waals surface area contributed by atoms with Crippen molar-refractivity contribution in [2.75, 3.05) is 20.5 Å². The van der Waals surface area contributed by atoms with Gasteiger partial charge in [0.25, 0.3) is 5.56 Å². The Kier molecular flexibility index (Phi) is 8.50. The van der Waals surface area contributed by atoms with Crippen molar-refractivity contribution in [1.29, 1.82) is 0 Å². The predicted octanol–water partition coefficient (Wildman–Crippen LogP) is 5.87. The molecule has 1 atom stereocenters. The van der Waals surface area contributed by atoms with Crippen molar-refractivity contribution in [2.24, 2.45) is 4.99 Å². The third kappa shape index (κ3) is 5.78. The van der Waals surface area contributed by atoms with Gasteiger partial charge >= 0.3 is 5.97 Å². The fraction of sp³-hybridized carbons (Fsp3) is 0.194. The van der Waals surface area contributed by atoms with E-state index in [-0.39, 0.29) is 19.0 Å².